The first-order chi connectivity index (χ1) is 12.5. The molecule has 2 aromatic rings. The van der Waals surface area contributed by atoms with Crippen LogP contribution in [0.4, 0.5) is 0 Å². The van der Waals surface area contributed by atoms with E-state index in [0.717, 1.165) is 5.69 Å². The number of ketones is 2. The molecular weight excluding hydrogens is 334 g/mol. The second kappa shape index (κ2) is 8.99. The van der Waals surface area contributed by atoms with Crippen molar-refractivity contribution in [3.05, 3.63) is 47.3 Å². The summed E-state index contributed by atoms with van der Waals surface area (Å²) in [6.45, 7) is 1.94. The number of aromatic nitrogens is 1. The highest BCUT2D eigenvalue weighted by Crippen LogP contribution is 2.28. The van der Waals surface area contributed by atoms with Gasteiger partial charge in [0.2, 0.25) is 0 Å². The number of Topliss-reactive ketones (excluding diaryl/α,β-unsaturated/α-hetero) is 2. The van der Waals surface area contributed by atoms with E-state index in [2.05, 4.69) is 4.98 Å². The van der Waals surface area contributed by atoms with Gasteiger partial charge in [0.15, 0.2) is 23.1 Å². The molecule has 1 aromatic heterocycles. The monoisotopic (exact) mass is 357 g/mol. The molecule has 0 unspecified atom stereocenters. The van der Waals surface area contributed by atoms with E-state index < -0.39 is 0 Å². The third kappa shape index (κ3) is 4.39. The van der Waals surface area contributed by atoms with Gasteiger partial charge in [-0.25, -0.2) is 4.98 Å². The minimum absolute atomic E-state index is 0.0929. The van der Waals surface area contributed by atoms with Crippen LogP contribution in [-0.2, 0) is 6.42 Å². The van der Waals surface area contributed by atoms with E-state index in [0.29, 0.717) is 34.9 Å². The van der Waals surface area contributed by atoms with Crippen molar-refractivity contribution in [2.45, 2.75) is 26.2 Å². The molecule has 0 bridgehead atoms. The molecule has 0 fully saturated rings. The van der Waals surface area contributed by atoms with Gasteiger partial charge in [-0.05, 0) is 36.8 Å². The van der Waals surface area contributed by atoms with E-state index in [4.69, 9.17) is 14.2 Å². The highest BCUT2D eigenvalue weighted by atomic mass is 16.5. The molecule has 0 aliphatic rings. The number of pyridine rings is 1. The molecule has 6 nitrogen and oxygen atoms in total. The average molecular weight is 357 g/mol. The maximum Gasteiger partial charge on any atom is 0.181 e. The normalized spacial score (nSPS) is 10.3. The van der Waals surface area contributed by atoms with Crippen LogP contribution in [0, 0.1) is 0 Å². The van der Waals surface area contributed by atoms with Gasteiger partial charge in [-0.2, -0.15) is 0 Å². The third-order valence-corrected chi connectivity index (χ3v) is 4.06. The van der Waals surface area contributed by atoms with Crippen LogP contribution in [-0.4, -0.2) is 37.9 Å². The fraction of sp³-hybridized carbons (Fsp3) is 0.350. The second-order valence-corrected chi connectivity index (χ2v) is 5.62. The van der Waals surface area contributed by atoms with Crippen LogP contribution in [0.2, 0.25) is 0 Å². The quantitative estimate of drug-likeness (QED) is 0.639. The van der Waals surface area contributed by atoms with Gasteiger partial charge in [0.25, 0.3) is 0 Å². The summed E-state index contributed by atoms with van der Waals surface area (Å²) in [5, 5.41) is 0. The molecule has 0 aliphatic heterocycles. The Kier molecular flexibility index (Phi) is 6.72. The summed E-state index contributed by atoms with van der Waals surface area (Å²) in [6.07, 6.45) is 0.855. The van der Waals surface area contributed by atoms with Gasteiger partial charge in [0.05, 0.1) is 27.0 Å². The predicted molar refractivity (Wildman–Crippen MR) is 97.6 cm³/mol. The van der Waals surface area contributed by atoms with Crippen LogP contribution in [0.25, 0.3) is 0 Å². The summed E-state index contributed by atoms with van der Waals surface area (Å²) in [5.41, 5.74) is 1.56. The third-order valence-electron chi connectivity index (χ3n) is 4.06. The van der Waals surface area contributed by atoms with Gasteiger partial charge in [-0.1, -0.05) is 6.92 Å². The van der Waals surface area contributed by atoms with Crippen molar-refractivity contribution in [3.8, 4) is 17.2 Å². The standard InChI is InChI=1S/C20H23NO5/c1-5-14-18(24-2)11-7-15(21-14)17(23)9-8-16(22)13-6-10-19(25-3)20(12-13)26-4/h6-7,10-12H,5,8-9H2,1-4H3. The molecule has 138 valence electrons. The lowest BCUT2D eigenvalue weighted by Gasteiger charge is -2.09. The van der Waals surface area contributed by atoms with Crippen molar-refractivity contribution in [1.82, 2.24) is 4.98 Å². The predicted octanol–water partition coefficient (Wildman–Crippen LogP) is 3.52. The van der Waals surface area contributed by atoms with Crippen LogP contribution in [0.5, 0.6) is 17.2 Å². The van der Waals surface area contributed by atoms with Gasteiger partial charge < -0.3 is 14.2 Å². The molecule has 0 saturated heterocycles. The first-order valence-electron chi connectivity index (χ1n) is 8.36. The first kappa shape index (κ1) is 19.4. The number of ether oxygens (including phenoxy) is 3. The first-order valence-corrected chi connectivity index (χ1v) is 8.36. The van der Waals surface area contributed by atoms with Crippen LogP contribution >= 0.6 is 0 Å². The topological polar surface area (TPSA) is 74.7 Å². The van der Waals surface area contributed by atoms with Gasteiger partial charge in [-0.15, -0.1) is 0 Å². The van der Waals surface area contributed by atoms with Crippen LogP contribution in [0.3, 0.4) is 0 Å². The van der Waals surface area contributed by atoms with Crippen molar-refractivity contribution >= 4 is 11.6 Å². The highest BCUT2D eigenvalue weighted by Gasteiger charge is 2.15. The zero-order chi connectivity index (χ0) is 19.1. The number of aryl methyl sites for hydroxylation is 1. The summed E-state index contributed by atoms with van der Waals surface area (Å²) < 4.78 is 15.6. The number of hydrogen-bond donors (Lipinski definition) is 0. The number of rotatable bonds is 9. The number of nitrogens with zero attached hydrogens (tertiary/aromatic N) is 1. The summed E-state index contributed by atoms with van der Waals surface area (Å²) in [5.74, 6) is 1.38. The highest BCUT2D eigenvalue weighted by molar-refractivity contribution is 6.01. The van der Waals surface area contributed by atoms with E-state index in [9.17, 15) is 9.59 Å². The molecule has 1 aromatic carbocycles. The fourth-order valence-corrected chi connectivity index (χ4v) is 2.59. The maximum absolute atomic E-state index is 12.4. The summed E-state index contributed by atoms with van der Waals surface area (Å²) in [7, 11) is 4.61. The Labute approximate surface area is 153 Å². The minimum Gasteiger partial charge on any atom is -0.495 e. The van der Waals surface area contributed by atoms with Crippen molar-refractivity contribution < 1.29 is 23.8 Å². The lowest BCUT2D eigenvalue weighted by molar-refractivity contribution is 0.0914. The molecule has 0 radical (unpaired) electrons. The number of carbonyl (C=O) groups is 2. The van der Waals surface area contributed by atoms with Gasteiger partial charge in [-0.3, -0.25) is 9.59 Å². The number of hydrogen-bond acceptors (Lipinski definition) is 6. The van der Waals surface area contributed by atoms with Crippen molar-refractivity contribution in [3.63, 3.8) is 0 Å². The van der Waals surface area contributed by atoms with Gasteiger partial charge >= 0.3 is 0 Å². The van der Waals surface area contributed by atoms with Gasteiger partial charge in [0, 0.05) is 18.4 Å². The van der Waals surface area contributed by atoms with E-state index in [1.807, 2.05) is 6.92 Å². The molecule has 0 saturated carbocycles. The van der Waals surface area contributed by atoms with Gasteiger partial charge in [0.1, 0.15) is 11.4 Å². The van der Waals surface area contributed by atoms with Crippen molar-refractivity contribution in [2.24, 2.45) is 0 Å². The molecule has 6 heteroatoms. The molecular formula is C20H23NO5. The van der Waals surface area contributed by atoms with Crippen LogP contribution in [0.1, 0.15) is 46.3 Å². The Bertz CT molecular complexity index is 733. The zero-order valence-electron chi connectivity index (χ0n) is 15.5. The summed E-state index contributed by atoms with van der Waals surface area (Å²) in [6, 6.07) is 8.31. The molecule has 0 N–H and O–H groups in total. The average Bonchev–Trinajstić information content (AvgIpc) is 2.70. The smallest absolute Gasteiger partial charge is 0.181 e. The summed E-state index contributed by atoms with van der Waals surface area (Å²) >= 11 is 0. The van der Waals surface area contributed by atoms with Crippen molar-refractivity contribution in [1.29, 1.82) is 0 Å². The van der Waals surface area contributed by atoms with Crippen LogP contribution < -0.4 is 14.2 Å². The van der Waals surface area contributed by atoms with E-state index in [1.54, 1.807) is 37.4 Å². The molecule has 0 spiro atoms. The van der Waals surface area contributed by atoms with E-state index in [-0.39, 0.29) is 24.4 Å². The second-order valence-electron chi connectivity index (χ2n) is 5.62. The largest absolute Gasteiger partial charge is 0.495 e. The molecule has 0 aliphatic carbocycles. The Hall–Kier alpha value is -2.89. The zero-order valence-corrected chi connectivity index (χ0v) is 15.5. The Morgan fingerprint density at radius 2 is 1.46 bits per heavy atom. The molecule has 0 atom stereocenters. The van der Waals surface area contributed by atoms with Crippen molar-refractivity contribution in [2.75, 3.05) is 21.3 Å². The maximum atomic E-state index is 12.4. The number of carbonyl (C=O) groups excluding carboxylic acids is 2. The lowest BCUT2D eigenvalue weighted by Crippen LogP contribution is -2.08. The number of methoxy groups -OCH3 is 3. The Morgan fingerprint density at radius 3 is 2.08 bits per heavy atom. The minimum atomic E-state index is -0.170. The molecule has 1 heterocycles. The summed E-state index contributed by atoms with van der Waals surface area (Å²) in [4.78, 5) is 29.1. The SMILES string of the molecule is CCc1nc(C(=O)CCC(=O)c2ccc(OC)c(OC)c2)ccc1OC. The Morgan fingerprint density at radius 1 is 0.846 bits per heavy atom. The lowest BCUT2D eigenvalue weighted by atomic mass is 10.0. The van der Waals surface area contributed by atoms with E-state index >= 15 is 0 Å². The molecule has 26 heavy (non-hydrogen) atoms. The Balaban J connectivity index is 2.06. The van der Waals surface area contributed by atoms with Crippen LogP contribution in [0.15, 0.2) is 30.3 Å². The van der Waals surface area contributed by atoms with E-state index in [1.165, 1.54) is 14.2 Å². The fourth-order valence-electron chi connectivity index (χ4n) is 2.59. The molecule has 0 amide bonds. The number of benzene rings is 1. The molecule has 2 rings (SSSR count).